The third kappa shape index (κ3) is 3.77. The lowest BCUT2D eigenvalue weighted by molar-refractivity contribution is -0.117. The zero-order valence-electron chi connectivity index (χ0n) is 11.5. The van der Waals surface area contributed by atoms with E-state index in [1.54, 1.807) is 30.3 Å². The van der Waals surface area contributed by atoms with Gasteiger partial charge in [0.2, 0.25) is 10.0 Å². The van der Waals surface area contributed by atoms with Gasteiger partial charge >= 0.3 is 0 Å². The summed E-state index contributed by atoms with van der Waals surface area (Å²) in [6.45, 7) is 2.27. The molecular weight excluding hydrogens is 274 g/mol. The minimum absolute atomic E-state index is 0.0406. The Balaban J connectivity index is 1.81. The first kappa shape index (κ1) is 14.9. The van der Waals surface area contributed by atoms with Gasteiger partial charge in [-0.05, 0) is 44.4 Å². The van der Waals surface area contributed by atoms with Crippen LogP contribution in [0.4, 0.5) is 0 Å². The van der Waals surface area contributed by atoms with E-state index in [0.717, 1.165) is 18.4 Å². The van der Waals surface area contributed by atoms with E-state index in [2.05, 4.69) is 4.72 Å². The fourth-order valence-corrected chi connectivity index (χ4v) is 3.29. The normalized spacial score (nSPS) is 18.6. The number of hydrogen-bond acceptors (Lipinski definition) is 3. The largest absolute Gasteiger partial charge is 0.295 e. The number of nitrogens with one attached hydrogen (secondary N) is 1. The van der Waals surface area contributed by atoms with Crippen LogP contribution in [0.15, 0.2) is 41.3 Å². The molecule has 0 bridgehead atoms. The van der Waals surface area contributed by atoms with Crippen LogP contribution in [0.2, 0.25) is 0 Å². The molecule has 0 radical (unpaired) electrons. The first-order valence-electron chi connectivity index (χ1n) is 6.76. The number of hydrogen-bond donors (Lipinski definition) is 1. The van der Waals surface area contributed by atoms with E-state index in [-0.39, 0.29) is 16.6 Å². The highest BCUT2D eigenvalue weighted by molar-refractivity contribution is 7.89. The molecule has 0 saturated heterocycles. The highest BCUT2D eigenvalue weighted by atomic mass is 32.2. The maximum Gasteiger partial charge on any atom is 0.240 e. The van der Waals surface area contributed by atoms with Gasteiger partial charge in [0.1, 0.15) is 0 Å². The molecule has 0 heterocycles. The quantitative estimate of drug-likeness (QED) is 0.818. The van der Waals surface area contributed by atoms with Crippen LogP contribution in [0.25, 0.3) is 0 Å². The molecule has 5 heteroatoms. The van der Waals surface area contributed by atoms with Crippen molar-refractivity contribution in [3.63, 3.8) is 0 Å². The smallest absolute Gasteiger partial charge is 0.240 e. The van der Waals surface area contributed by atoms with Crippen LogP contribution in [-0.2, 0) is 14.8 Å². The van der Waals surface area contributed by atoms with Crippen LogP contribution in [0.5, 0.6) is 0 Å². The van der Waals surface area contributed by atoms with Gasteiger partial charge in [-0.25, -0.2) is 13.1 Å². The topological polar surface area (TPSA) is 63.2 Å². The van der Waals surface area contributed by atoms with Gasteiger partial charge in [-0.15, -0.1) is 0 Å². The van der Waals surface area contributed by atoms with Gasteiger partial charge in [0.05, 0.1) is 4.90 Å². The second kappa shape index (κ2) is 6.33. The maximum absolute atomic E-state index is 12.0. The van der Waals surface area contributed by atoms with Crippen molar-refractivity contribution in [2.45, 2.75) is 31.1 Å². The van der Waals surface area contributed by atoms with Crippen molar-refractivity contribution in [2.75, 3.05) is 6.54 Å². The Morgan fingerprint density at radius 3 is 2.55 bits per heavy atom. The van der Waals surface area contributed by atoms with E-state index in [1.165, 1.54) is 0 Å². The summed E-state index contributed by atoms with van der Waals surface area (Å²) in [5.41, 5.74) is 1.02. The molecule has 20 heavy (non-hydrogen) atoms. The molecule has 0 fully saturated rings. The number of allylic oxidation sites excluding steroid dienone is 2. The number of aryl methyl sites for hydroxylation is 1. The van der Waals surface area contributed by atoms with Crippen molar-refractivity contribution in [3.8, 4) is 0 Å². The number of sulfonamides is 1. The Morgan fingerprint density at radius 2 is 1.95 bits per heavy atom. The molecule has 0 aliphatic heterocycles. The Morgan fingerprint density at radius 1 is 1.25 bits per heavy atom. The lowest BCUT2D eigenvalue weighted by atomic mass is 10.0. The van der Waals surface area contributed by atoms with Crippen molar-refractivity contribution in [2.24, 2.45) is 5.92 Å². The average molecular weight is 293 g/mol. The molecule has 1 N–H and O–H groups in total. The minimum Gasteiger partial charge on any atom is -0.295 e. The van der Waals surface area contributed by atoms with E-state index < -0.39 is 10.0 Å². The van der Waals surface area contributed by atoms with E-state index in [1.807, 2.05) is 13.0 Å². The van der Waals surface area contributed by atoms with Gasteiger partial charge in [0.15, 0.2) is 5.78 Å². The lowest BCUT2D eigenvalue weighted by Gasteiger charge is -2.09. The molecule has 1 aliphatic rings. The summed E-state index contributed by atoms with van der Waals surface area (Å²) in [5, 5.41) is 0. The average Bonchev–Trinajstić information content (AvgIpc) is 2.81. The Kier molecular flexibility index (Phi) is 4.73. The number of carbonyl (C=O) groups excluding carboxylic acids is 1. The molecule has 1 unspecified atom stereocenters. The molecule has 0 aromatic heterocycles. The Hall–Kier alpha value is -1.46. The summed E-state index contributed by atoms with van der Waals surface area (Å²) in [6, 6.07) is 6.75. The Bertz CT molecular complexity index is 603. The molecule has 0 amide bonds. The summed E-state index contributed by atoms with van der Waals surface area (Å²) in [7, 11) is -3.44. The second-order valence-electron chi connectivity index (χ2n) is 5.09. The van der Waals surface area contributed by atoms with Crippen LogP contribution >= 0.6 is 0 Å². The first-order chi connectivity index (χ1) is 9.49. The van der Waals surface area contributed by atoms with Crippen molar-refractivity contribution in [1.82, 2.24) is 4.72 Å². The molecule has 0 spiro atoms. The molecule has 108 valence electrons. The number of carbonyl (C=O) groups is 1. The second-order valence-corrected chi connectivity index (χ2v) is 6.86. The van der Waals surface area contributed by atoms with Gasteiger partial charge in [-0.2, -0.15) is 0 Å². The number of ketones is 1. The van der Waals surface area contributed by atoms with E-state index in [4.69, 9.17) is 0 Å². The summed E-state index contributed by atoms with van der Waals surface area (Å²) in [5.74, 6) is 0.199. The monoisotopic (exact) mass is 293 g/mol. The van der Waals surface area contributed by atoms with Crippen LogP contribution < -0.4 is 4.72 Å². The highest BCUT2D eigenvalue weighted by Crippen LogP contribution is 2.19. The summed E-state index contributed by atoms with van der Waals surface area (Å²) in [6.07, 6.45) is 5.67. The zero-order valence-corrected chi connectivity index (χ0v) is 12.3. The van der Waals surface area contributed by atoms with Gasteiger partial charge in [-0.1, -0.05) is 23.8 Å². The van der Waals surface area contributed by atoms with Crippen LogP contribution in [0, 0.1) is 12.8 Å². The molecule has 1 aromatic rings. The van der Waals surface area contributed by atoms with Gasteiger partial charge in [0.25, 0.3) is 0 Å². The SMILES string of the molecule is Cc1ccc(S(=O)(=O)NCCCC2CC=CC2=O)cc1. The Labute approximate surface area is 119 Å². The van der Waals surface area contributed by atoms with Gasteiger partial charge in [-0.3, -0.25) is 4.79 Å². The lowest BCUT2D eigenvalue weighted by Crippen LogP contribution is -2.25. The molecule has 1 aromatic carbocycles. The van der Waals surface area contributed by atoms with Crippen molar-refractivity contribution >= 4 is 15.8 Å². The fraction of sp³-hybridized carbons (Fsp3) is 0.400. The number of benzene rings is 1. The summed E-state index contributed by atoms with van der Waals surface area (Å²) in [4.78, 5) is 11.7. The van der Waals surface area contributed by atoms with E-state index in [0.29, 0.717) is 13.0 Å². The van der Waals surface area contributed by atoms with E-state index in [9.17, 15) is 13.2 Å². The summed E-state index contributed by atoms with van der Waals surface area (Å²) < 4.78 is 26.6. The standard InChI is InChI=1S/C15H19NO3S/c1-12-7-9-14(10-8-12)20(18,19)16-11-3-5-13-4-2-6-15(13)17/h2,6-10,13,16H,3-5,11H2,1H3. The van der Waals surface area contributed by atoms with Gasteiger partial charge < -0.3 is 0 Å². The molecule has 1 atom stereocenters. The van der Waals surface area contributed by atoms with E-state index >= 15 is 0 Å². The molecular formula is C15H19NO3S. The highest BCUT2D eigenvalue weighted by Gasteiger charge is 2.19. The van der Waals surface area contributed by atoms with Crippen LogP contribution in [-0.4, -0.2) is 20.7 Å². The molecule has 2 rings (SSSR count). The molecule has 1 aliphatic carbocycles. The molecule has 4 nitrogen and oxygen atoms in total. The van der Waals surface area contributed by atoms with Crippen molar-refractivity contribution < 1.29 is 13.2 Å². The predicted molar refractivity (Wildman–Crippen MR) is 77.9 cm³/mol. The van der Waals surface area contributed by atoms with Crippen molar-refractivity contribution in [3.05, 3.63) is 42.0 Å². The number of rotatable bonds is 6. The van der Waals surface area contributed by atoms with Crippen LogP contribution in [0.3, 0.4) is 0 Å². The fourth-order valence-electron chi connectivity index (χ4n) is 2.22. The first-order valence-corrected chi connectivity index (χ1v) is 8.24. The third-order valence-corrected chi connectivity index (χ3v) is 4.93. The summed E-state index contributed by atoms with van der Waals surface area (Å²) >= 11 is 0. The third-order valence-electron chi connectivity index (χ3n) is 3.46. The predicted octanol–water partition coefficient (Wildman–Crippen LogP) is 2.20. The van der Waals surface area contributed by atoms with Crippen molar-refractivity contribution in [1.29, 1.82) is 0 Å². The zero-order chi connectivity index (χ0) is 14.6. The van der Waals surface area contributed by atoms with Crippen LogP contribution in [0.1, 0.15) is 24.8 Å². The minimum atomic E-state index is -3.44. The van der Waals surface area contributed by atoms with Gasteiger partial charge in [0, 0.05) is 12.5 Å². The molecule has 0 saturated carbocycles. The maximum atomic E-state index is 12.0.